The third kappa shape index (κ3) is 2.58. The van der Waals surface area contributed by atoms with Crippen molar-refractivity contribution < 1.29 is 9.90 Å². The fourth-order valence-corrected chi connectivity index (χ4v) is 4.23. The average molecular weight is 339 g/mol. The minimum absolute atomic E-state index is 0.0294. The van der Waals surface area contributed by atoms with E-state index >= 15 is 0 Å². The molecular weight excluding hydrogens is 314 g/mol. The molecule has 3 unspecified atom stereocenters. The summed E-state index contributed by atoms with van der Waals surface area (Å²) in [6.07, 6.45) is 5.47. The topological polar surface area (TPSA) is 57.5 Å². The molecule has 2 N–H and O–H groups in total. The van der Waals surface area contributed by atoms with E-state index in [9.17, 15) is 9.90 Å². The smallest absolute Gasteiger partial charge is 0.225 e. The molecule has 0 spiro atoms. The van der Waals surface area contributed by atoms with E-state index < -0.39 is 0 Å². The highest BCUT2D eigenvalue weighted by atomic mass is 16.3. The summed E-state index contributed by atoms with van der Waals surface area (Å²) in [6.45, 7) is 2.41. The molecule has 0 radical (unpaired) electrons. The van der Waals surface area contributed by atoms with Crippen LogP contribution in [0.15, 0.2) is 30.5 Å². The third-order valence-corrected chi connectivity index (χ3v) is 5.62. The van der Waals surface area contributed by atoms with Gasteiger partial charge in [-0.05, 0) is 36.2 Å². The second-order valence-corrected chi connectivity index (χ2v) is 7.45. The van der Waals surface area contributed by atoms with Crippen molar-refractivity contribution in [2.24, 2.45) is 13.0 Å². The number of nitrogens with one attached hydrogen (secondary N) is 1. The number of aliphatic hydroxyl groups excluding tert-OH is 1. The van der Waals surface area contributed by atoms with Gasteiger partial charge in [0.25, 0.3) is 0 Å². The lowest BCUT2D eigenvalue weighted by molar-refractivity contribution is -0.126. The first kappa shape index (κ1) is 16.4. The molecule has 2 aromatic rings. The highest BCUT2D eigenvalue weighted by Gasteiger charge is 2.34. The number of aromatic nitrogens is 1. The Kier molecular flexibility index (Phi) is 3.93. The van der Waals surface area contributed by atoms with E-state index in [1.165, 1.54) is 27.6 Å². The number of amides is 1. The molecule has 0 fully saturated rings. The van der Waals surface area contributed by atoms with E-state index in [2.05, 4.69) is 59.4 Å². The lowest BCUT2D eigenvalue weighted by Gasteiger charge is -2.40. The molecule has 1 aliphatic heterocycles. The number of aryl methyl sites for hydroxylation is 1. The van der Waals surface area contributed by atoms with Gasteiger partial charge in [-0.3, -0.25) is 9.69 Å². The summed E-state index contributed by atoms with van der Waals surface area (Å²) in [5.74, 6) is -0.470. The van der Waals surface area contributed by atoms with E-state index in [0.29, 0.717) is 6.04 Å². The molecule has 1 aromatic heterocycles. The van der Waals surface area contributed by atoms with E-state index in [4.69, 9.17) is 0 Å². The highest BCUT2D eigenvalue weighted by Crippen LogP contribution is 2.40. The van der Waals surface area contributed by atoms with Crippen molar-refractivity contribution in [3.8, 4) is 0 Å². The first-order chi connectivity index (χ1) is 12.0. The van der Waals surface area contributed by atoms with Gasteiger partial charge in [-0.1, -0.05) is 25.1 Å². The molecule has 2 aliphatic rings. The van der Waals surface area contributed by atoms with Gasteiger partial charge < -0.3 is 15.0 Å². The number of hydrogen-bond acceptors (Lipinski definition) is 3. The summed E-state index contributed by atoms with van der Waals surface area (Å²) in [4.78, 5) is 14.5. The number of aliphatic hydroxyl groups is 1. The maximum atomic E-state index is 12.2. The Balaban J connectivity index is 1.75. The van der Waals surface area contributed by atoms with Gasteiger partial charge in [-0.2, -0.15) is 0 Å². The second kappa shape index (κ2) is 6.00. The van der Waals surface area contributed by atoms with Crippen LogP contribution in [0.4, 0.5) is 0 Å². The van der Waals surface area contributed by atoms with Crippen LogP contribution in [0.1, 0.15) is 18.1 Å². The molecule has 0 bridgehead atoms. The molecule has 1 aromatic carbocycles. The molecule has 132 valence electrons. The molecule has 1 amide bonds. The SMILES string of the molecule is CC(CO)C(=O)NC1C=C2c3cccc4c3c(cn4C)CC2N(C)C1. The predicted molar refractivity (Wildman–Crippen MR) is 99.2 cm³/mol. The minimum Gasteiger partial charge on any atom is -0.396 e. The maximum absolute atomic E-state index is 12.2. The van der Waals surface area contributed by atoms with E-state index in [1.54, 1.807) is 6.92 Å². The van der Waals surface area contributed by atoms with Crippen molar-refractivity contribution in [1.82, 2.24) is 14.8 Å². The largest absolute Gasteiger partial charge is 0.396 e. The Morgan fingerprint density at radius 2 is 2.20 bits per heavy atom. The number of likely N-dealkylation sites (N-methyl/N-ethyl adjacent to an activating group) is 1. The maximum Gasteiger partial charge on any atom is 0.225 e. The van der Waals surface area contributed by atoms with Crippen molar-refractivity contribution in [3.63, 3.8) is 0 Å². The summed E-state index contributed by atoms with van der Waals surface area (Å²) in [5, 5.41) is 13.6. The number of rotatable bonds is 3. The summed E-state index contributed by atoms with van der Waals surface area (Å²) < 4.78 is 2.20. The Bertz CT molecular complexity index is 867. The first-order valence-corrected chi connectivity index (χ1v) is 8.90. The van der Waals surface area contributed by atoms with Crippen molar-refractivity contribution >= 4 is 22.4 Å². The molecule has 0 saturated heterocycles. The van der Waals surface area contributed by atoms with Gasteiger partial charge in [0.15, 0.2) is 0 Å². The molecular formula is C20H25N3O2. The summed E-state index contributed by atoms with van der Waals surface area (Å²) in [6, 6.07) is 6.79. The molecule has 0 saturated carbocycles. The van der Waals surface area contributed by atoms with Gasteiger partial charge in [0, 0.05) is 36.7 Å². The van der Waals surface area contributed by atoms with E-state index in [0.717, 1.165) is 13.0 Å². The fraction of sp³-hybridized carbons (Fsp3) is 0.450. The van der Waals surface area contributed by atoms with Crippen LogP contribution in [-0.2, 0) is 18.3 Å². The zero-order valence-corrected chi connectivity index (χ0v) is 15.0. The molecule has 5 heteroatoms. The van der Waals surface area contributed by atoms with Crippen molar-refractivity contribution in [1.29, 1.82) is 0 Å². The fourth-order valence-electron chi connectivity index (χ4n) is 4.23. The van der Waals surface area contributed by atoms with Gasteiger partial charge in [0.1, 0.15) is 0 Å². The molecule has 2 heterocycles. The standard InChI is InChI=1S/C20H25N3O2/c1-12(11-24)20(25)21-14-8-16-15-5-4-6-17-19(15)13(9-22(17)2)7-18(16)23(3)10-14/h4-6,8-9,12,14,18,24H,7,10-11H2,1-3H3,(H,21,25). The lowest BCUT2D eigenvalue weighted by atomic mass is 9.81. The van der Waals surface area contributed by atoms with Crippen LogP contribution in [0.5, 0.6) is 0 Å². The van der Waals surface area contributed by atoms with Crippen molar-refractivity contribution in [3.05, 3.63) is 41.6 Å². The number of carbonyl (C=O) groups excluding carboxylic acids is 1. The zero-order valence-electron chi connectivity index (χ0n) is 15.0. The third-order valence-electron chi connectivity index (χ3n) is 5.62. The van der Waals surface area contributed by atoms with Crippen LogP contribution >= 0.6 is 0 Å². The van der Waals surface area contributed by atoms with Crippen molar-refractivity contribution in [2.45, 2.75) is 25.4 Å². The van der Waals surface area contributed by atoms with Gasteiger partial charge in [0.05, 0.1) is 18.6 Å². The second-order valence-electron chi connectivity index (χ2n) is 7.45. The van der Waals surface area contributed by atoms with Crippen molar-refractivity contribution in [2.75, 3.05) is 20.2 Å². The number of fused-ring (bicyclic) bond motifs is 2. The first-order valence-electron chi connectivity index (χ1n) is 8.90. The van der Waals surface area contributed by atoms with Gasteiger partial charge in [-0.15, -0.1) is 0 Å². The van der Waals surface area contributed by atoms with Gasteiger partial charge >= 0.3 is 0 Å². The van der Waals surface area contributed by atoms with E-state index in [1.807, 2.05) is 0 Å². The molecule has 5 nitrogen and oxygen atoms in total. The van der Waals surface area contributed by atoms with Crippen LogP contribution in [0, 0.1) is 5.92 Å². The molecule has 25 heavy (non-hydrogen) atoms. The number of benzene rings is 1. The predicted octanol–water partition coefficient (Wildman–Crippen LogP) is 1.54. The Morgan fingerprint density at radius 1 is 1.40 bits per heavy atom. The monoisotopic (exact) mass is 339 g/mol. The molecule has 4 rings (SSSR count). The molecule has 1 aliphatic carbocycles. The Morgan fingerprint density at radius 3 is 2.96 bits per heavy atom. The Hall–Kier alpha value is -2.11. The average Bonchev–Trinajstić information content (AvgIpc) is 2.92. The van der Waals surface area contributed by atoms with Crippen LogP contribution in [0.25, 0.3) is 16.5 Å². The Labute approximate surface area is 147 Å². The number of hydrogen-bond donors (Lipinski definition) is 2. The highest BCUT2D eigenvalue weighted by molar-refractivity contribution is 5.99. The minimum atomic E-state index is -0.378. The summed E-state index contributed by atoms with van der Waals surface area (Å²) in [5.41, 5.74) is 5.25. The van der Waals surface area contributed by atoms with Crippen LogP contribution in [-0.4, -0.2) is 52.8 Å². The van der Waals surface area contributed by atoms with E-state index in [-0.39, 0.29) is 24.5 Å². The quantitative estimate of drug-likeness (QED) is 0.892. The zero-order chi connectivity index (χ0) is 17.7. The number of nitrogens with zero attached hydrogens (tertiary/aromatic N) is 2. The lowest BCUT2D eigenvalue weighted by Crippen LogP contribution is -2.51. The summed E-state index contributed by atoms with van der Waals surface area (Å²) >= 11 is 0. The number of carbonyl (C=O) groups is 1. The van der Waals surface area contributed by atoms with Gasteiger partial charge in [-0.25, -0.2) is 0 Å². The molecule has 3 atom stereocenters. The normalized spacial score (nSPS) is 23.9. The summed E-state index contributed by atoms with van der Waals surface area (Å²) in [7, 11) is 4.22. The van der Waals surface area contributed by atoms with Crippen LogP contribution < -0.4 is 5.32 Å². The van der Waals surface area contributed by atoms with Crippen LogP contribution in [0.2, 0.25) is 0 Å². The van der Waals surface area contributed by atoms with Crippen LogP contribution in [0.3, 0.4) is 0 Å². The van der Waals surface area contributed by atoms with Gasteiger partial charge in [0.2, 0.25) is 5.91 Å².